The molecule has 2 amide bonds. The van der Waals surface area contributed by atoms with Gasteiger partial charge >= 0.3 is 12.4 Å². The maximum atomic E-state index is 12.9. The van der Waals surface area contributed by atoms with E-state index in [-0.39, 0.29) is 17.7 Å². The summed E-state index contributed by atoms with van der Waals surface area (Å²) in [5.74, 6) is 1.66. The van der Waals surface area contributed by atoms with Crippen molar-refractivity contribution in [2.24, 2.45) is 4.99 Å². The van der Waals surface area contributed by atoms with Crippen molar-refractivity contribution in [3.05, 3.63) is 89.7 Å². The Bertz CT molecular complexity index is 1670. The van der Waals surface area contributed by atoms with E-state index in [0.717, 1.165) is 47.1 Å². The highest BCUT2D eigenvalue weighted by Crippen LogP contribution is 2.34. The summed E-state index contributed by atoms with van der Waals surface area (Å²) in [4.78, 5) is 23.9. The number of ether oxygens (including phenoxy) is 1. The van der Waals surface area contributed by atoms with Gasteiger partial charge in [0.2, 0.25) is 0 Å². The van der Waals surface area contributed by atoms with Crippen molar-refractivity contribution in [1.29, 1.82) is 0 Å². The molecule has 1 aromatic heterocycles. The SMILES string of the molecule is Cc1cccc(N2CCCS/C2=N\C(=O)NCCC(C)c2ccc(-c3ncn(-c4ccc(OC(F)(F)F)cc4)n3)cc2)c1C(C)C. The number of anilines is 1. The van der Waals surface area contributed by atoms with Crippen molar-refractivity contribution < 1.29 is 22.7 Å². The molecule has 5 rings (SSSR count). The van der Waals surface area contributed by atoms with Crippen LogP contribution in [0.1, 0.15) is 62.1 Å². The molecule has 2 heterocycles. The molecule has 4 aromatic rings. The van der Waals surface area contributed by atoms with Crippen LogP contribution in [0.15, 0.2) is 78.0 Å². The van der Waals surface area contributed by atoms with Crippen LogP contribution in [0.25, 0.3) is 17.1 Å². The fourth-order valence-corrected chi connectivity index (χ4v) is 6.45. The molecule has 0 saturated carbocycles. The quantitative estimate of drug-likeness (QED) is 0.196. The molecule has 1 saturated heterocycles. The highest BCUT2D eigenvalue weighted by molar-refractivity contribution is 8.14. The Hall–Kier alpha value is -4.32. The second-order valence-corrected chi connectivity index (χ2v) is 12.6. The number of nitrogens with one attached hydrogen (secondary N) is 1. The molecule has 12 heteroatoms. The third-order valence-corrected chi connectivity index (χ3v) is 8.84. The lowest BCUT2D eigenvalue weighted by Crippen LogP contribution is -2.36. The van der Waals surface area contributed by atoms with Crippen molar-refractivity contribution in [3.63, 3.8) is 0 Å². The van der Waals surface area contributed by atoms with E-state index in [9.17, 15) is 18.0 Å². The van der Waals surface area contributed by atoms with Gasteiger partial charge in [0.05, 0.1) is 5.69 Å². The van der Waals surface area contributed by atoms with E-state index in [1.54, 1.807) is 11.8 Å². The van der Waals surface area contributed by atoms with Gasteiger partial charge in [-0.15, -0.1) is 18.3 Å². The normalized spacial score (nSPS) is 15.3. The number of alkyl halides is 3. The van der Waals surface area contributed by atoms with Crippen molar-refractivity contribution in [2.75, 3.05) is 23.7 Å². The third kappa shape index (κ3) is 8.28. The number of aliphatic imine (C=N–C) groups is 1. The first-order valence-electron chi connectivity index (χ1n) is 15.2. The summed E-state index contributed by atoms with van der Waals surface area (Å²) in [6.45, 7) is 9.94. The fraction of sp³-hybridized carbons (Fsp3) is 0.353. The summed E-state index contributed by atoms with van der Waals surface area (Å²) in [5.41, 5.74) is 6.12. The Morgan fingerprint density at radius 3 is 2.50 bits per heavy atom. The minimum Gasteiger partial charge on any atom is -0.406 e. The van der Waals surface area contributed by atoms with E-state index < -0.39 is 6.36 Å². The van der Waals surface area contributed by atoms with Gasteiger partial charge in [0, 0.05) is 30.1 Å². The first-order valence-corrected chi connectivity index (χ1v) is 16.2. The molecular formula is C34H37F3N6O2S. The van der Waals surface area contributed by atoms with Crippen molar-refractivity contribution in [3.8, 4) is 22.8 Å². The number of benzene rings is 3. The van der Waals surface area contributed by atoms with E-state index in [1.807, 2.05) is 24.3 Å². The van der Waals surface area contributed by atoms with E-state index in [4.69, 9.17) is 0 Å². The van der Waals surface area contributed by atoms with E-state index in [2.05, 4.69) is 75.9 Å². The summed E-state index contributed by atoms with van der Waals surface area (Å²) in [6, 6.07) is 19.3. The Balaban J connectivity index is 1.16. The van der Waals surface area contributed by atoms with Crippen LogP contribution in [-0.4, -0.2) is 51.2 Å². The van der Waals surface area contributed by atoms with Crippen LogP contribution < -0.4 is 15.0 Å². The minimum atomic E-state index is -4.75. The Labute approximate surface area is 271 Å². The smallest absolute Gasteiger partial charge is 0.406 e. The summed E-state index contributed by atoms with van der Waals surface area (Å²) >= 11 is 1.62. The number of thioether (sulfide) groups is 1. The number of rotatable bonds is 9. The summed E-state index contributed by atoms with van der Waals surface area (Å²) < 4.78 is 42.7. The zero-order valence-electron chi connectivity index (χ0n) is 26.2. The molecule has 8 nitrogen and oxygen atoms in total. The number of carbonyl (C=O) groups excluding carboxylic acids is 1. The first-order chi connectivity index (χ1) is 22.0. The lowest BCUT2D eigenvalue weighted by molar-refractivity contribution is -0.274. The van der Waals surface area contributed by atoms with Gasteiger partial charge in [-0.05, 0) is 78.6 Å². The van der Waals surface area contributed by atoms with Crippen LogP contribution in [0.2, 0.25) is 0 Å². The average molecular weight is 651 g/mol. The Kier molecular flexibility index (Phi) is 10.4. The molecule has 1 fully saturated rings. The number of amides is 2. The molecule has 0 aliphatic carbocycles. The molecule has 3 aromatic carbocycles. The van der Waals surface area contributed by atoms with Gasteiger partial charge in [-0.2, -0.15) is 4.99 Å². The lowest BCUT2D eigenvalue weighted by Gasteiger charge is -2.32. The number of aromatic nitrogens is 3. The fourth-order valence-electron chi connectivity index (χ4n) is 5.50. The topological polar surface area (TPSA) is 84.6 Å². The molecular weight excluding hydrogens is 613 g/mol. The number of nitrogens with zero attached hydrogens (tertiary/aromatic N) is 5. The van der Waals surface area contributed by atoms with Crippen LogP contribution in [0, 0.1) is 6.92 Å². The molecule has 1 N–H and O–H groups in total. The molecule has 0 spiro atoms. The average Bonchev–Trinajstić information content (AvgIpc) is 3.51. The van der Waals surface area contributed by atoms with Crippen molar-refractivity contribution >= 4 is 28.6 Å². The minimum absolute atomic E-state index is 0.186. The zero-order valence-corrected chi connectivity index (χ0v) is 27.0. The highest BCUT2D eigenvalue weighted by Gasteiger charge is 2.31. The number of amidine groups is 1. The second kappa shape index (κ2) is 14.4. The van der Waals surface area contributed by atoms with Gasteiger partial charge < -0.3 is 15.0 Å². The molecule has 46 heavy (non-hydrogen) atoms. The molecule has 1 aliphatic rings. The van der Waals surface area contributed by atoms with Crippen LogP contribution in [0.4, 0.5) is 23.7 Å². The molecule has 1 unspecified atom stereocenters. The number of hydrogen-bond donors (Lipinski definition) is 1. The largest absolute Gasteiger partial charge is 0.573 e. The predicted molar refractivity (Wildman–Crippen MR) is 177 cm³/mol. The van der Waals surface area contributed by atoms with E-state index >= 15 is 0 Å². The third-order valence-electron chi connectivity index (χ3n) is 7.77. The number of carbonyl (C=O) groups is 1. The van der Waals surface area contributed by atoms with E-state index in [0.29, 0.717) is 24.0 Å². The standard InChI is InChI=1S/C34H37F3N6O2S/c1-22(2)30-24(4)7-5-8-29(30)42-19-6-20-46-33(42)40-32(44)38-18-17-23(3)25-9-11-26(12-10-25)31-39-21-43(41-31)27-13-15-28(16-14-27)45-34(35,36)37/h5,7-16,21-23H,6,17-20H2,1-4H3,(H,38,44)/b40-33-. The van der Waals surface area contributed by atoms with Crippen molar-refractivity contribution in [2.45, 2.75) is 58.7 Å². The summed E-state index contributed by atoms with van der Waals surface area (Å²) in [7, 11) is 0. The van der Waals surface area contributed by atoms with Gasteiger partial charge in [0.1, 0.15) is 12.1 Å². The van der Waals surface area contributed by atoms with E-state index in [1.165, 1.54) is 46.4 Å². The molecule has 242 valence electrons. The number of aryl methyl sites for hydroxylation is 1. The maximum Gasteiger partial charge on any atom is 0.573 e. The van der Waals surface area contributed by atoms with Gasteiger partial charge in [-0.25, -0.2) is 14.5 Å². The molecule has 0 bridgehead atoms. The van der Waals surface area contributed by atoms with Gasteiger partial charge in [0.25, 0.3) is 0 Å². The second-order valence-electron chi connectivity index (χ2n) is 11.5. The zero-order chi connectivity index (χ0) is 32.8. The van der Waals surface area contributed by atoms with Crippen LogP contribution >= 0.6 is 11.8 Å². The Morgan fingerprint density at radius 2 is 1.80 bits per heavy atom. The van der Waals surface area contributed by atoms with Gasteiger partial charge in [-0.1, -0.05) is 68.9 Å². The molecule has 1 atom stereocenters. The summed E-state index contributed by atoms with van der Waals surface area (Å²) in [5, 5.41) is 8.17. The van der Waals surface area contributed by atoms with Crippen LogP contribution in [0.5, 0.6) is 5.75 Å². The number of halogens is 3. The maximum absolute atomic E-state index is 12.9. The monoisotopic (exact) mass is 650 g/mol. The van der Waals surface area contributed by atoms with Crippen LogP contribution in [-0.2, 0) is 0 Å². The van der Waals surface area contributed by atoms with Gasteiger partial charge in [-0.3, -0.25) is 0 Å². The summed E-state index contributed by atoms with van der Waals surface area (Å²) in [6.07, 6.45) is -1.47. The first kappa shape index (κ1) is 33.1. The lowest BCUT2D eigenvalue weighted by atomic mass is 9.95. The molecule has 0 radical (unpaired) electrons. The number of urea groups is 1. The highest BCUT2D eigenvalue weighted by atomic mass is 32.2. The van der Waals surface area contributed by atoms with Crippen LogP contribution in [0.3, 0.4) is 0 Å². The predicted octanol–water partition coefficient (Wildman–Crippen LogP) is 8.47. The van der Waals surface area contributed by atoms with Gasteiger partial charge in [0.15, 0.2) is 11.0 Å². The Morgan fingerprint density at radius 1 is 1.07 bits per heavy atom. The van der Waals surface area contributed by atoms with Crippen molar-refractivity contribution in [1.82, 2.24) is 20.1 Å². The molecule has 1 aliphatic heterocycles. The number of hydrogen-bond acceptors (Lipinski definition) is 5.